The van der Waals surface area contributed by atoms with Crippen LogP contribution >= 0.6 is 0 Å². The average Bonchev–Trinajstić information content (AvgIpc) is 2.94. The molecule has 1 aliphatic carbocycles. The molecule has 1 saturated heterocycles. The zero-order valence-corrected chi connectivity index (χ0v) is 7.90. The number of β-amino-alcohol motifs (C(OH)–C–C–N with tert-alkyl or cyclic N) is 1. The van der Waals surface area contributed by atoms with E-state index in [0.29, 0.717) is 6.54 Å². The van der Waals surface area contributed by atoms with Crippen LogP contribution in [0.5, 0.6) is 0 Å². The number of nitrogens with one attached hydrogen (secondary N) is 1. The van der Waals surface area contributed by atoms with E-state index in [0.717, 1.165) is 12.8 Å². The van der Waals surface area contributed by atoms with Crippen molar-refractivity contribution in [3.63, 3.8) is 0 Å². The van der Waals surface area contributed by atoms with Gasteiger partial charge < -0.3 is 20.6 Å². The molecule has 4 nitrogen and oxygen atoms in total. The van der Waals surface area contributed by atoms with Gasteiger partial charge in [0.2, 0.25) is 0 Å². The zero-order valence-electron chi connectivity index (χ0n) is 7.90. The number of rotatable bonds is 0. The minimum absolute atomic E-state index is 0.0964. The summed E-state index contributed by atoms with van der Waals surface area (Å²) < 4.78 is 0. The first-order valence-electron chi connectivity index (χ1n) is 4.90. The maximum atomic E-state index is 9.77. The Balaban J connectivity index is 2.14. The molecule has 2 rings (SSSR count). The standard InChI is InChI=1S/C10H15NO3/c12-5-1-2-7-9(14)8(13)6-11-10(7)3-4-10/h7-9,11-14H,3-6H2. The summed E-state index contributed by atoms with van der Waals surface area (Å²) >= 11 is 0. The van der Waals surface area contributed by atoms with Crippen LogP contribution in [0.3, 0.4) is 0 Å². The molecule has 0 aromatic rings. The Labute approximate surface area is 82.9 Å². The summed E-state index contributed by atoms with van der Waals surface area (Å²) in [6.07, 6.45) is 0.431. The van der Waals surface area contributed by atoms with Crippen molar-refractivity contribution in [3.05, 3.63) is 0 Å². The monoisotopic (exact) mass is 197 g/mol. The molecule has 14 heavy (non-hydrogen) atoms. The number of aliphatic hydroxyl groups excluding tert-OH is 3. The third-order valence-corrected chi connectivity index (χ3v) is 3.12. The molecule has 1 saturated carbocycles. The minimum Gasteiger partial charge on any atom is -0.389 e. The smallest absolute Gasteiger partial charge is 0.104 e. The maximum Gasteiger partial charge on any atom is 0.104 e. The van der Waals surface area contributed by atoms with Crippen molar-refractivity contribution in [1.82, 2.24) is 5.32 Å². The van der Waals surface area contributed by atoms with E-state index in [4.69, 9.17) is 5.11 Å². The molecule has 4 heteroatoms. The molecule has 0 radical (unpaired) electrons. The van der Waals surface area contributed by atoms with E-state index in [2.05, 4.69) is 17.2 Å². The average molecular weight is 197 g/mol. The summed E-state index contributed by atoms with van der Waals surface area (Å²) in [6.45, 7) is 0.230. The summed E-state index contributed by atoms with van der Waals surface area (Å²) in [5, 5.41) is 31.0. The molecule has 3 atom stereocenters. The van der Waals surface area contributed by atoms with Crippen LogP contribution in [0.4, 0.5) is 0 Å². The van der Waals surface area contributed by atoms with Gasteiger partial charge in [0, 0.05) is 12.1 Å². The SMILES string of the molecule is OCC#CC1C(O)C(O)CNC12CC2. The topological polar surface area (TPSA) is 72.7 Å². The van der Waals surface area contributed by atoms with Gasteiger partial charge in [0.15, 0.2) is 0 Å². The summed E-state index contributed by atoms with van der Waals surface area (Å²) in [5.74, 6) is 5.14. The Hall–Kier alpha value is -0.600. The highest BCUT2D eigenvalue weighted by Crippen LogP contribution is 2.46. The van der Waals surface area contributed by atoms with Crippen molar-refractivity contribution < 1.29 is 15.3 Å². The lowest BCUT2D eigenvalue weighted by atomic mass is 9.85. The first kappa shape index (κ1) is 9.94. The molecule has 4 N–H and O–H groups in total. The highest BCUT2D eigenvalue weighted by molar-refractivity contribution is 5.23. The molecule has 0 aromatic carbocycles. The van der Waals surface area contributed by atoms with Crippen molar-refractivity contribution >= 4 is 0 Å². The van der Waals surface area contributed by atoms with E-state index in [1.54, 1.807) is 0 Å². The Kier molecular flexibility index (Phi) is 2.50. The summed E-state index contributed by atoms with van der Waals surface area (Å²) in [7, 11) is 0. The fraction of sp³-hybridized carbons (Fsp3) is 0.800. The van der Waals surface area contributed by atoms with Gasteiger partial charge in [0.1, 0.15) is 6.61 Å². The Morgan fingerprint density at radius 1 is 1.36 bits per heavy atom. The van der Waals surface area contributed by atoms with Gasteiger partial charge in [-0.25, -0.2) is 0 Å². The summed E-state index contributed by atoms with van der Waals surface area (Å²) in [4.78, 5) is 0. The van der Waals surface area contributed by atoms with Crippen molar-refractivity contribution in [2.24, 2.45) is 5.92 Å². The molecule has 0 amide bonds. The second-order valence-electron chi connectivity index (χ2n) is 4.05. The highest BCUT2D eigenvalue weighted by Gasteiger charge is 2.55. The molecule has 2 aliphatic rings. The van der Waals surface area contributed by atoms with Crippen molar-refractivity contribution in [2.75, 3.05) is 13.2 Å². The predicted molar refractivity (Wildman–Crippen MR) is 50.3 cm³/mol. The maximum absolute atomic E-state index is 9.77. The number of piperidine rings is 1. The Morgan fingerprint density at radius 3 is 2.64 bits per heavy atom. The lowest BCUT2D eigenvalue weighted by Crippen LogP contribution is -2.57. The minimum atomic E-state index is -0.794. The molecule has 2 fully saturated rings. The Morgan fingerprint density at radius 2 is 2.07 bits per heavy atom. The molecular weight excluding hydrogens is 182 g/mol. The van der Waals surface area contributed by atoms with E-state index >= 15 is 0 Å². The number of hydrogen-bond donors (Lipinski definition) is 4. The molecule has 0 bridgehead atoms. The fourth-order valence-corrected chi connectivity index (χ4v) is 2.09. The van der Waals surface area contributed by atoms with Crippen molar-refractivity contribution in [2.45, 2.75) is 30.6 Å². The molecule has 1 heterocycles. The lowest BCUT2D eigenvalue weighted by Gasteiger charge is -2.37. The summed E-state index contributed by atoms with van der Waals surface area (Å²) in [5.41, 5.74) is -0.0964. The molecule has 1 aliphatic heterocycles. The van der Waals surface area contributed by atoms with Crippen LogP contribution < -0.4 is 5.32 Å². The third-order valence-electron chi connectivity index (χ3n) is 3.12. The van der Waals surface area contributed by atoms with E-state index in [-0.39, 0.29) is 18.1 Å². The largest absolute Gasteiger partial charge is 0.389 e. The van der Waals surface area contributed by atoms with Crippen LogP contribution in [-0.2, 0) is 0 Å². The van der Waals surface area contributed by atoms with Gasteiger partial charge in [-0.05, 0) is 12.8 Å². The number of hydrogen-bond acceptors (Lipinski definition) is 4. The first-order valence-corrected chi connectivity index (χ1v) is 4.90. The van der Waals surface area contributed by atoms with Gasteiger partial charge in [-0.3, -0.25) is 0 Å². The summed E-state index contributed by atoms with van der Waals surface area (Å²) in [6, 6.07) is 0. The van der Waals surface area contributed by atoms with Crippen LogP contribution in [-0.4, -0.2) is 46.2 Å². The van der Waals surface area contributed by atoms with E-state index in [1.165, 1.54) is 0 Å². The predicted octanol–water partition coefficient (Wildman–Crippen LogP) is -1.54. The van der Waals surface area contributed by atoms with Crippen LogP contribution in [0, 0.1) is 17.8 Å². The van der Waals surface area contributed by atoms with Crippen LogP contribution in [0.1, 0.15) is 12.8 Å². The quantitative estimate of drug-likeness (QED) is 0.355. The second-order valence-corrected chi connectivity index (χ2v) is 4.05. The zero-order chi connectivity index (χ0) is 10.2. The first-order chi connectivity index (χ1) is 6.69. The van der Waals surface area contributed by atoms with Crippen LogP contribution in [0.15, 0.2) is 0 Å². The van der Waals surface area contributed by atoms with Gasteiger partial charge in [-0.15, -0.1) is 0 Å². The van der Waals surface area contributed by atoms with E-state index in [9.17, 15) is 10.2 Å². The van der Waals surface area contributed by atoms with Gasteiger partial charge in [0.05, 0.1) is 18.1 Å². The van der Waals surface area contributed by atoms with Crippen molar-refractivity contribution in [3.8, 4) is 11.8 Å². The van der Waals surface area contributed by atoms with Gasteiger partial charge in [-0.2, -0.15) is 0 Å². The second kappa shape index (κ2) is 3.52. The fourth-order valence-electron chi connectivity index (χ4n) is 2.09. The normalized spacial score (nSPS) is 38.9. The molecule has 78 valence electrons. The molecule has 3 unspecified atom stereocenters. The number of aliphatic hydroxyl groups is 3. The molecular formula is C10H15NO3. The van der Waals surface area contributed by atoms with E-state index < -0.39 is 12.2 Å². The van der Waals surface area contributed by atoms with Gasteiger partial charge >= 0.3 is 0 Å². The van der Waals surface area contributed by atoms with Crippen LogP contribution in [0.25, 0.3) is 0 Å². The van der Waals surface area contributed by atoms with Crippen LogP contribution in [0.2, 0.25) is 0 Å². The van der Waals surface area contributed by atoms with Gasteiger partial charge in [0.25, 0.3) is 0 Å². The Bertz CT molecular complexity index is 277. The third kappa shape index (κ3) is 1.53. The highest BCUT2D eigenvalue weighted by atomic mass is 16.3. The molecule has 1 spiro atoms. The van der Waals surface area contributed by atoms with Gasteiger partial charge in [-0.1, -0.05) is 11.8 Å². The van der Waals surface area contributed by atoms with Crippen molar-refractivity contribution in [1.29, 1.82) is 0 Å². The van der Waals surface area contributed by atoms with E-state index in [1.807, 2.05) is 0 Å². The molecule has 0 aromatic heterocycles. The lowest BCUT2D eigenvalue weighted by molar-refractivity contribution is -0.0393.